The maximum atomic E-state index is 13.1. The Labute approximate surface area is 192 Å². The number of nitrogens with zero attached hydrogens (tertiary/aromatic N) is 2. The number of rotatable bonds is 8. The molecule has 0 spiro atoms. The maximum Gasteiger partial charge on any atom is 0.264 e. The molecule has 0 unspecified atom stereocenters. The van der Waals surface area contributed by atoms with Gasteiger partial charge in [-0.1, -0.05) is 36.4 Å². The topological polar surface area (TPSA) is 88.6 Å². The third-order valence-electron chi connectivity index (χ3n) is 5.16. The molecule has 4 rings (SSSR count). The Morgan fingerprint density at radius 1 is 0.970 bits per heavy atom. The van der Waals surface area contributed by atoms with Crippen LogP contribution in [-0.2, 0) is 21.4 Å². The monoisotopic (exact) mass is 461 g/mol. The second-order valence-electron chi connectivity index (χ2n) is 7.40. The molecule has 0 fully saturated rings. The summed E-state index contributed by atoms with van der Waals surface area (Å²) in [6.45, 7) is 0.219. The zero-order valence-corrected chi connectivity index (χ0v) is 18.8. The number of carbonyl (C=O) groups excluding carboxylic acids is 1. The van der Waals surface area contributed by atoms with E-state index in [2.05, 4.69) is 10.3 Å². The largest absolute Gasteiger partial charge is 0.484 e. The summed E-state index contributed by atoms with van der Waals surface area (Å²) in [7, 11) is -2.23. The SMILES string of the molecule is CN(c1ccc(OCC(=O)NCc2cccnc2)cc1)S(=O)(=O)c1ccc2ccccc2c1. The smallest absolute Gasteiger partial charge is 0.264 e. The van der Waals surface area contributed by atoms with Crippen molar-refractivity contribution >= 4 is 32.4 Å². The number of aromatic nitrogens is 1. The average molecular weight is 462 g/mol. The second-order valence-corrected chi connectivity index (χ2v) is 9.37. The molecule has 0 radical (unpaired) electrons. The Bertz CT molecular complexity index is 1360. The molecule has 0 atom stereocenters. The molecule has 168 valence electrons. The maximum absolute atomic E-state index is 13.1. The van der Waals surface area contributed by atoms with Crippen molar-refractivity contribution in [3.63, 3.8) is 0 Å². The molecule has 8 heteroatoms. The van der Waals surface area contributed by atoms with Crippen LogP contribution in [0.3, 0.4) is 0 Å². The number of carbonyl (C=O) groups is 1. The van der Waals surface area contributed by atoms with Gasteiger partial charge in [-0.2, -0.15) is 0 Å². The highest BCUT2D eigenvalue weighted by atomic mass is 32.2. The Morgan fingerprint density at radius 3 is 2.45 bits per heavy atom. The lowest BCUT2D eigenvalue weighted by atomic mass is 10.1. The number of ether oxygens (including phenoxy) is 1. The van der Waals surface area contributed by atoms with Crippen LogP contribution in [0.5, 0.6) is 5.75 Å². The van der Waals surface area contributed by atoms with Gasteiger partial charge < -0.3 is 10.1 Å². The van der Waals surface area contributed by atoms with Crippen LogP contribution in [0, 0.1) is 0 Å². The fourth-order valence-corrected chi connectivity index (χ4v) is 4.51. The lowest BCUT2D eigenvalue weighted by Gasteiger charge is -2.20. The van der Waals surface area contributed by atoms with Gasteiger partial charge in [0.05, 0.1) is 10.6 Å². The van der Waals surface area contributed by atoms with Crippen molar-refractivity contribution in [2.24, 2.45) is 0 Å². The average Bonchev–Trinajstić information content (AvgIpc) is 2.86. The Balaban J connectivity index is 1.37. The van der Waals surface area contributed by atoms with E-state index in [1.54, 1.807) is 60.9 Å². The number of hydrogen-bond donors (Lipinski definition) is 1. The molecule has 0 aliphatic heterocycles. The zero-order valence-electron chi connectivity index (χ0n) is 18.0. The Morgan fingerprint density at radius 2 is 1.73 bits per heavy atom. The molecule has 0 saturated carbocycles. The molecule has 0 aliphatic carbocycles. The molecule has 0 aliphatic rings. The highest BCUT2D eigenvalue weighted by molar-refractivity contribution is 7.92. The molecule has 1 aromatic heterocycles. The highest BCUT2D eigenvalue weighted by Gasteiger charge is 2.21. The van der Waals surface area contributed by atoms with E-state index in [0.29, 0.717) is 18.0 Å². The summed E-state index contributed by atoms with van der Waals surface area (Å²) in [5.74, 6) is 0.200. The number of anilines is 1. The van der Waals surface area contributed by atoms with Gasteiger partial charge in [0.15, 0.2) is 6.61 Å². The van der Waals surface area contributed by atoms with E-state index < -0.39 is 10.0 Å². The van der Waals surface area contributed by atoms with Crippen molar-refractivity contribution in [3.8, 4) is 5.75 Å². The van der Waals surface area contributed by atoms with Crippen LogP contribution in [0.4, 0.5) is 5.69 Å². The number of nitrogens with one attached hydrogen (secondary N) is 1. The van der Waals surface area contributed by atoms with Crippen LogP contribution in [0.2, 0.25) is 0 Å². The predicted molar refractivity (Wildman–Crippen MR) is 128 cm³/mol. The molecular formula is C25H23N3O4S. The summed E-state index contributed by atoms with van der Waals surface area (Å²) in [4.78, 5) is 16.2. The van der Waals surface area contributed by atoms with Gasteiger partial charge in [-0.15, -0.1) is 0 Å². The van der Waals surface area contributed by atoms with Gasteiger partial charge >= 0.3 is 0 Å². The standard InChI is InChI=1S/C25H23N3O4S/c1-28(33(30,31)24-13-8-20-6-2-3-7-21(20)15-24)22-9-11-23(12-10-22)32-18-25(29)27-17-19-5-4-14-26-16-19/h2-16H,17-18H2,1H3,(H,27,29). The zero-order chi connectivity index (χ0) is 23.3. The quantitative estimate of drug-likeness (QED) is 0.432. The lowest BCUT2D eigenvalue weighted by Crippen LogP contribution is -2.28. The van der Waals surface area contributed by atoms with E-state index in [0.717, 1.165) is 16.3 Å². The second kappa shape index (κ2) is 9.70. The Kier molecular flexibility index (Phi) is 6.55. The van der Waals surface area contributed by atoms with E-state index in [1.165, 1.54) is 11.4 Å². The predicted octanol–water partition coefficient (Wildman–Crippen LogP) is 3.76. The fraction of sp³-hybridized carbons (Fsp3) is 0.120. The van der Waals surface area contributed by atoms with Gasteiger partial charge in [0.25, 0.3) is 15.9 Å². The minimum Gasteiger partial charge on any atom is -0.484 e. The highest BCUT2D eigenvalue weighted by Crippen LogP contribution is 2.26. The third-order valence-corrected chi connectivity index (χ3v) is 6.94. The number of benzene rings is 3. The molecule has 0 saturated heterocycles. The number of fused-ring (bicyclic) bond motifs is 1. The van der Waals surface area contributed by atoms with E-state index in [-0.39, 0.29) is 17.4 Å². The van der Waals surface area contributed by atoms with Crippen LogP contribution < -0.4 is 14.4 Å². The van der Waals surface area contributed by atoms with Crippen molar-refractivity contribution in [3.05, 3.63) is 96.8 Å². The molecule has 4 aromatic rings. The molecule has 1 N–H and O–H groups in total. The van der Waals surface area contributed by atoms with Gasteiger partial charge in [0, 0.05) is 26.0 Å². The van der Waals surface area contributed by atoms with Crippen LogP contribution in [0.15, 0.2) is 96.2 Å². The summed E-state index contributed by atoms with van der Waals surface area (Å²) < 4.78 is 32.9. The molecule has 3 aromatic carbocycles. The van der Waals surface area contributed by atoms with Gasteiger partial charge in [0.1, 0.15) is 5.75 Å². The van der Waals surface area contributed by atoms with Crippen LogP contribution in [-0.4, -0.2) is 33.0 Å². The van der Waals surface area contributed by atoms with Crippen LogP contribution in [0.1, 0.15) is 5.56 Å². The van der Waals surface area contributed by atoms with Gasteiger partial charge in [0.2, 0.25) is 0 Å². The summed E-state index contributed by atoms with van der Waals surface area (Å²) in [6.07, 6.45) is 3.35. The summed E-state index contributed by atoms with van der Waals surface area (Å²) in [5, 5.41) is 4.59. The number of hydrogen-bond acceptors (Lipinski definition) is 5. The van der Waals surface area contributed by atoms with Crippen molar-refractivity contribution in [2.75, 3.05) is 18.0 Å². The van der Waals surface area contributed by atoms with E-state index in [9.17, 15) is 13.2 Å². The molecule has 33 heavy (non-hydrogen) atoms. The van der Waals surface area contributed by atoms with Crippen molar-refractivity contribution < 1.29 is 17.9 Å². The van der Waals surface area contributed by atoms with Crippen LogP contribution in [0.25, 0.3) is 10.8 Å². The molecule has 7 nitrogen and oxygen atoms in total. The van der Waals surface area contributed by atoms with Crippen molar-refractivity contribution in [2.45, 2.75) is 11.4 Å². The van der Waals surface area contributed by atoms with E-state index in [4.69, 9.17) is 4.74 Å². The summed E-state index contributed by atoms with van der Waals surface area (Å²) >= 11 is 0. The van der Waals surface area contributed by atoms with Crippen molar-refractivity contribution in [1.29, 1.82) is 0 Å². The summed E-state index contributed by atoms with van der Waals surface area (Å²) in [5.41, 5.74) is 1.38. The van der Waals surface area contributed by atoms with E-state index in [1.807, 2.05) is 30.3 Å². The van der Waals surface area contributed by atoms with Crippen LogP contribution >= 0.6 is 0 Å². The van der Waals surface area contributed by atoms with Gasteiger partial charge in [-0.25, -0.2) is 8.42 Å². The molecule has 1 amide bonds. The minimum absolute atomic E-state index is 0.148. The number of amides is 1. The number of pyridine rings is 1. The first-order valence-corrected chi connectivity index (χ1v) is 11.7. The summed E-state index contributed by atoms with van der Waals surface area (Å²) in [6, 6.07) is 22.9. The molecule has 1 heterocycles. The van der Waals surface area contributed by atoms with Gasteiger partial charge in [-0.05, 0) is 58.8 Å². The lowest BCUT2D eigenvalue weighted by molar-refractivity contribution is -0.123. The first-order chi connectivity index (χ1) is 15.9. The minimum atomic E-state index is -3.73. The first-order valence-electron chi connectivity index (χ1n) is 10.3. The van der Waals surface area contributed by atoms with Gasteiger partial charge in [-0.3, -0.25) is 14.1 Å². The fourth-order valence-electron chi connectivity index (χ4n) is 3.28. The number of sulfonamides is 1. The normalized spacial score (nSPS) is 11.2. The first kappa shape index (κ1) is 22.3. The molecule has 0 bridgehead atoms. The molecular weight excluding hydrogens is 438 g/mol. The van der Waals surface area contributed by atoms with Crippen molar-refractivity contribution in [1.82, 2.24) is 10.3 Å². The third kappa shape index (κ3) is 5.30. The Hall–Kier alpha value is -3.91. The van der Waals surface area contributed by atoms with E-state index >= 15 is 0 Å².